The number of ether oxygens (including phenoxy) is 1. The smallest absolute Gasteiger partial charge is 0.404 e. The molecule has 2 N–H and O–H groups in total. The zero-order chi connectivity index (χ0) is 17.9. The highest BCUT2D eigenvalue weighted by Crippen LogP contribution is 2.42. The van der Waals surface area contributed by atoms with Crippen LogP contribution in [0.25, 0.3) is 10.8 Å². The summed E-state index contributed by atoms with van der Waals surface area (Å²) in [5.74, 6) is 0.239. The molecule has 1 heterocycles. The van der Waals surface area contributed by atoms with E-state index in [9.17, 15) is 14.4 Å². The summed E-state index contributed by atoms with van der Waals surface area (Å²) in [5.41, 5.74) is 1.05. The second-order valence-electron chi connectivity index (χ2n) is 6.38. The lowest BCUT2D eigenvalue weighted by Crippen LogP contribution is -2.33. The maximum absolute atomic E-state index is 11.3. The summed E-state index contributed by atoms with van der Waals surface area (Å²) in [6.45, 7) is 2.67. The zero-order valence-electron chi connectivity index (χ0n) is 14.3. The summed E-state index contributed by atoms with van der Waals surface area (Å²) in [4.78, 5) is 20.8. The van der Waals surface area contributed by atoms with Crippen LogP contribution in [0.2, 0.25) is 0 Å². The lowest BCUT2D eigenvalue weighted by atomic mass is 9.97. The quantitative estimate of drug-likeness (QED) is 0.735. The molecule has 0 spiro atoms. The van der Waals surface area contributed by atoms with E-state index in [4.69, 9.17) is 9.26 Å². The minimum absolute atomic E-state index is 0.239. The molecule has 2 aromatic rings. The summed E-state index contributed by atoms with van der Waals surface area (Å²) in [7, 11) is -2.89. The topological polar surface area (TPSA) is 79.2 Å². The molecule has 0 unspecified atom stereocenters. The van der Waals surface area contributed by atoms with Crippen LogP contribution in [0.5, 0.6) is 5.75 Å². The molecule has 1 fully saturated rings. The molecule has 3 rings (SSSR count). The number of likely N-dealkylation sites (tertiary alicyclic amines) is 1. The fourth-order valence-corrected chi connectivity index (χ4v) is 4.05. The Morgan fingerprint density at radius 3 is 2.72 bits per heavy atom. The number of benzene rings is 2. The van der Waals surface area contributed by atoms with Crippen molar-refractivity contribution in [3.05, 3.63) is 42.0 Å². The minimum Gasteiger partial charge on any atom is -0.404 e. The molecule has 25 heavy (non-hydrogen) atoms. The van der Waals surface area contributed by atoms with Crippen LogP contribution in [0.15, 0.2) is 36.4 Å². The van der Waals surface area contributed by atoms with Gasteiger partial charge in [0, 0.05) is 25.1 Å². The molecule has 1 atom stereocenters. The number of hydrogen-bond donors (Lipinski definition) is 2. The number of phosphoric acid groups is 1. The highest BCUT2D eigenvalue weighted by Gasteiger charge is 2.26. The molecule has 1 aliphatic heterocycles. The fraction of sp³-hybridized carbons (Fsp3) is 0.444. The van der Waals surface area contributed by atoms with E-state index in [0.29, 0.717) is 12.6 Å². The summed E-state index contributed by atoms with van der Waals surface area (Å²) >= 11 is 0. The fourth-order valence-electron chi connectivity index (χ4n) is 3.64. The number of hydrogen-bond acceptors (Lipinski definition) is 4. The van der Waals surface area contributed by atoms with Crippen molar-refractivity contribution >= 4 is 18.6 Å². The van der Waals surface area contributed by atoms with Crippen molar-refractivity contribution in [1.29, 1.82) is 0 Å². The van der Waals surface area contributed by atoms with Gasteiger partial charge in [-0.1, -0.05) is 30.3 Å². The first-order valence-electron chi connectivity index (χ1n) is 8.46. The summed E-state index contributed by atoms with van der Waals surface area (Å²) in [6.07, 6.45) is 3.09. The molecule has 136 valence electrons. The Labute approximate surface area is 147 Å². The van der Waals surface area contributed by atoms with Crippen LogP contribution >= 0.6 is 7.82 Å². The molecule has 1 saturated heterocycles. The van der Waals surface area contributed by atoms with Crippen molar-refractivity contribution in [3.63, 3.8) is 0 Å². The maximum Gasteiger partial charge on any atom is 0.524 e. The van der Waals surface area contributed by atoms with Gasteiger partial charge in [0.1, 0.15) is 5.75 Å². The lowest BCUT2D eigenvalue weighted by Gasteiger charge is -2.25. The van der Waals surface area contributed by atoms with E-state index in [1.165, 1.54) is 0 Å². The van der Waals surface area contributed by atoms with E-state index in [1.54, 1.807) is 19.2 Å². The second kappa shape index (κ2) is 7.85. The van der Waals surface area contributed by atoms with E-state index in [-0.39, 0.29) is 5.75 Å². The van der Waals surface area contributed by atoms with E-state index >= 15 is 0 Å². The Kier molecular flexibility index (Phi) is 5.77. The number of phosphoric ester groups is 1. The molecule has 2 aromatic carbocycles. The molecule has 6 nitrogen and oxygen atoms in total. The lowest BCUT2D eigenvalue weighted by molar-refractivity contribution is 0.141. The van der Waals surface area contributed by atoms with Crippen LogP contribution in [-0.2, 0) is 15.7 Å². The van der Waals surface area contributed by atoms with Gasteiger partial charge >= 0.3 is 7.82 Å². The third-order valence-corrected chi connectivity index (χ3v) is 5.14. The Morgan fingerprint density at radius 2 is 2.00 bits per heavy atom. The van der Waals surface area contributed by atoms with E-state index in [1.807, 2.05) is 24.3 Å². The number of methoxy groups -OCH3 is 1. The van der Waals surface area contributed by atoms with Crippen LogP contribution in [0.1, 0.15) is 18.4 Å². The van der Waals surface area contributed by atoms with Crippen molar-refractivity contribution in [2.45, 2.75) is 25.3 Å². The van der Waals surface area contributed by atoms with Gasteiger partial charge in [-0.05, 0) is 42.8 Å². The van der Waals surface area contributed by atoms with Crippen LogP contribution in [0.3, 0.4) is 0 Å². The SMILES string of the molecule is COCCN1CCC[C@H]1Cc1cccc2cccc(OP(=O)(O)O)c12. The Morgan fingerprint density at radius 1 is 1.24 bits per heavy atom. The molecule has 1 aliphatic rings. The maximum atomic E-state index is 11.3. The third kappa shape index (κ3) is 4.60. The van der Waals surface area contributed by atoms with Crippen molar-refractivity contribution < 1.29 is 23.6 Å². The van der Waals surface area contributed by atoms with E-state index in [2.05, 4.69) is 4.90 Å². The second-order valence-corrected chi connectivity index (χ2v) is 7.55. The Hall–Kier alpha value is -1.43. The molecule has 0 bridgehead atoms. The normalized spacial score (nSPS) is 18.8. The standard InChI is InChI=1S/C18H24NO5P/c1-23-12-11-19-10-4-8-16(19)13-15-7-2-5-14-6-3-9-17(18(14)15)24-25(20,21)22/h2-3,5-7,9,16H,4,8,10-13H2,1H3,(H2,20,21,22)/t16-/m0/s1. The van der Waals surface area contributed by atoms with Gasteiger partial charge in [0.05, 0.1) is 6.61 Å². The van der Waals surface area contributed by atoms with Crippen molar-refractivity contribution in [2.24, 2.45) is 0 Å². The van der Waals surface area contributed by atoms with Gasteiger partial charge in [0.2, 0.25) is 0 Å². The summed E-state index contributed by atoms with van der Waals surface area (Å²) in [6, 6.07) is 11.6. The molecule has 0 aromatic heterocycles. The first-order chi connectivity index (χ1) is 12.0. The predicted molar refractivity (Wildman–Crippen MR) is 96.8 cm³/mol. The first kappa shape index (κ1) is 18.4. The highest BCUT2D eigenvalue weighted by atomic mass is 31.2. The molecule has 0 aliphatic carbocycles. The molecule has 0 amide bonds. The van der Waals surface area contributed by atoms with Gasteiger partial charge in [-0.2, -0.15) is 0 Å². The van der Waals surface area contributed by atoms with Crippen molar-refractivity contribution in [1.82, 2.24) is 4.90 Å². The van der Waals surface area contributed by atoms with Crippen molar-refractivity contribution in [3.8, 4) is 5.75 Å². The Balaban J connectivity index is 1.92. The van der Waals surface area contributed by atoms with Crippen LogP contribution in [0.4, 0.5) is 0 Å². The number of rotatable bonds is 7. The number of fused-ring (bicyclic) bond motifs is 1. The molecule has 0 saturated carbocycles. The van der Waals surface area contributed by atoms with Gasteiger partial charge in [-0.3, -0.25) is 14.7 Å². The van der Waals surface area contributed by atoms with Crippen LogP contribution in [0, 0.1) is 0 Å². The van der Waals surface area contributed by atoms with Crippen LogP contribution in [-0.4, -0.2) is 47.5 Å². The first-order valence-corrected chi connectivity index (χ1v) is 10.00. The minimum atomic E-state index is -4.60. The average Bonchev–Trinajstić information content (AvgIpc) is 2.99. The zero-order valence-corrected chi connectivity index (χ0v) is 15.2. The molecular weight excluding hydrogens is 341 g/mol. The van der Waals surface area contributed by atoms with Gasteiger partial charge in [-0.25, -0.2) is 4.57 Å². The van der Waals surface area contributed by atoms with E-state index in [0.717, 1.165) is 48.7 Å². The third-order valence-electron chi connectivity index (χ3n) is 4.71. The number of nitrogens with zero attached hydrogens (tertiary/aromatic N) is 1. The molecular formula is C18H24NO5P. The summed E-state index contributed by atoms with van der Waals surface area (Å²) in [5, 5.41) is 1.71. The molecule has 7 heteroatoms. The van der Waals surface area contributed by atoms with Gasteiger partial charge in [-0.15, -0.1) is 0 Å². The van der Waals surface area contributed by atoms with E-state index < -0.39 is 7.82 Å². The van der Waals surface area contributed by atoms with Crippen molar-refractivity contribution in [2.75, 3.05) is 26.8 Å². The Bertz CT molecular complexity index is 770. The largest absolute Gasteiger partial charge is 0.524 e. The van der Waals surface area contributed by atoms with Crippen LogP contribution < -0.4 is 4.52 Å². The predicted octanol–water partition coefficient (Wildman–Crippen LogP) is 2.96. The van der Waals surface area contributed by atoms with Gasteiger partial charge in [0.25, 0.3) is 0 Å². The average molecular weight is 365 g/mol. The highest BCUT2D eigenvalue weighted by molar-refractivity contribution is 7.46. The summed E-state index contributed by atoms with van der Waals surface area (Å²) < 4.78 is 21.5. The monoisotopic (exact) mass is 365 g/mol. The van der Waals surface area contributed by atoms with Gasteiger partial charge < -0.3 is 9.26 Å². The van der Waals surface area contributed by atoms with Gasteiger partial charge in [0.15, 0.2) is 0 Å². The molecule has 0 radical (unpaired) electrons.